The molecule has 1 aliphatic rings. The highest BCUT2D eigenvalue weighted by Crippen LogP contribution is 2.29. The zero-order chi connectivity index (χ0) is 12.0. The molecule has 0 aliphatic carbocycles. The van der Waals surface area contributed by atoms with Crippen LogP contribution in [-0.4, -0.2) is 39.3 Å². The quantitative estimate of drug-likeness (QED) is 0.565. The molecule has 1 heterocycles. The summed E-state index contributed by atoms with van der Waals surface area (Å²) in [4.78, 5) is 4.11. The molecule has 0 aromatic rings. The van der Waals surface area contributed by atoms with Crippen LogP contribution in [0, 0.1) is 5.41 Å². The Kier molecular flexibility index (Phi) is 5.06. The van der Waals surface area contributed by atoms with Gasteiger partial charge in [-0.05, 0) is 19.3 Å². The van der Waals surface area contributed by atoms with E-state index in [0.29, 0.717) is 6.10 Å². The molecule has 0 bridgehead atoms. The van der Waals surface area contributed by atoms with Crippen molar-refractivity contribution >= 4 is 5.96 Å². The molecule has 0 spiro atoms. The second-order valence-electron chi connectivity index (χ2n) is 5.02. The molecule has 0 amide bonds. The van der Waals surface area contributed by atoms with Crippen molar-refractivity contribution in [2.24, 2.45) is 10.4 Å². The Morgan fingerprint density at radius 1 is 1.44 bits per heavy atom. The third-order valence-corrected chi connectivity index (χ3v) is 3.22. The van der Waals surface area contributed by atoms with Crippen LogP contribution in [0.2, 0.25) is 0 Å². The smallest absolute Gasteiger partial charge is 0.190 e. The highest BCUT2D eigenvalue weighted by molar-refractivity contribution is 5.79. The van der Waals surface area contributed by atoms with Crippen molar-refractivity contribution < 1.29 is 4.74 Å². The second kappa shape index (κ2) is 6.09. The number of nitrogens with zero attached hydrogens (tertiary/aromatic N) is 1. The predicted molar refractivity (Wildman–Crippen MR) is 67.8 cm³/mol. The van der Waals surface area contributed by atoms with Crippen molar-refractivity contribution in [2.75, 3.05) is 27.2 Å². The SMILES string of the molecule is CN=C(NC)NCC(C)(C)C1CCCCO1. The fraction of sp³-hybridized carbons (Fsp3) is 0.917. The van der Waals surface area contributed by atoms with E-state index in [1.54, 1.807) is 7.05 Å². The number of nitrogens with one attached hydrogen (secondary N) is 2. The van der Waals surface area contributed by atoms with Gasteiger partial charge in [0.15, 0.2) is 5.96 Å². The van der Waals surface area contributed by atoms with Gasteiger partial charge in [0.2, 0.25) is 0 Å². The summed E-state index contributed by atoms with van der Waals surface area (Å²) in [6.07, 6.45) is 4.03. The average Bonchev–Trinajstić information content (AvgIpc) is 2.31. The molecule has 0 aromatic carbocycles. The van der Waals surface area contributed by atoms with Crippen LogP contribution < -0.4 is 10.6 Å². The van der Waals surface area contributed by atoms with E-state index in [1.165, 1.54) is 19.3 Å². The summed E-state index contributed by atoms with van der Waals surface area (Å²) < 4.78 is 5.84. The van der Waals surface area contributed by atoms with Gasteiger partial charge in [0, 0.05) is 32.7 Å². The summed E-state index contributed by atoms with van der Waals surface area (Å²) >= 11 is 0. The fourth-order valence-corrected chi connectivity index (χ4v) is 2.06. The summed E-state index contributed by atoms with van der Waals surface area (Å²) in [5.74, 6) is 0.837. The lowest BCUT2D eigenvalue weighted by Gasteiger charge is -2.37. The van der Waals surface area contributed by atoms with Crippen molar-refractivity contribution in [2.45, 2.75) is 39.2 Å². The zero-order valence-corrected chi connectivity index (χ0v) is 11.0. The zero-order valence-electron chi connectivity index (χ0n) is 11.0. The van der Waals surface area contributed by atoms with E-state index in [1.807, 2.05) is 7.05 Å². The van der Waals surface area contributed by atoms with Gasteiger partial charge in [-0.15, -0.1) is 0 Å². The molecule has 16 heavy (non-hydrogen) atoms. The predicted octanol–water partition coefficient (Wildman–Crippen LogP) is 1.38. The van der Waals surface area contributed by atoms with Gasteiger partial charge in [0.1, 0.15) is 0 Å². The largest absolute Gasteiger partial charge is 0.378 e. The molecule has 94 valence electrons. The normalized spacial score (nSPS) is 23.0. The first kappa shape index (κ1) is 13.3. The second-order valence-corrected chi connectivity index (χ2v) is 5.02. The first-order valence-corrected chi connectivity index (χ1v) is 6.10. The molecule has 1 saturated heterocycles. The van der Waals surface area contributed by atoms with Crippen LogP contribution in [-0.2, 0) is 4.74 Å². The third-order valence-electron chi connectivity index (χ3n) is 3.22. The minimum Gasteiger partial charge on any atom is -0.378 e. The summed E-state index contributed by atoms with van der Waals surface area (Å²) in [5, 5.41) is 6.34. The monoisotopic (exact) mass is 227 g/mol. The molecule has 4 heteroatoms. The minimum absolute atomic E-state index is 0.146. The summed E-state index contributed by atoms with van der Waals surface area (Å²) in [6.45, 7) is 6.29. The lowest BCUT2D eigenvalue weighted by atomic mass is 9.82. The third kappa shape index (κ3) is 3.67. The molecule has 1 unspecified atom stereocenters. The Bertz CT molecular complexity index is 232. The number of hydrogen-bond donors (Lipinski definition) is 2. The lowest BCUT2D eigenvalue weighted by molar-refractivity contribution is -0.0524. The topological polar surface area (TPSA) is 45.7 Å². The van der Waals surface area contributed by atoms with E-state index in [2.05, 4.69) is 29.5 Å². The van der Waals surface area contributed by atoms with Crippen LogP contribution in [0.3, 0.4) is 0 Å². The molecule has 0 radical (unpaired) electrons. The maximum atomic E-state index is 5.84. The molecular weight excluding hydrogens is 202 g/mol. The van der Waals surface area contributed by atoms with Gasteiger partial charge in [-0.25, -0.2) is 0 Å². The molecule has 1 fully saturated rings. The van der Waals surface area contributed by atoms with Crippen molar-refractivity contribution in [3.8, 4) is 0 Å². The van der Waals surface area contributed by atoms with Crippen molar-refractivity contribution in [3.63, 3.8) is 0 Å². The summed E-state index contributed by atoms with van der Waals surface area (Å²) in [7, 11) is 3.66. The van der Waals surface area contributed by atoms with Crippen LogP contribution in [0.4, 0.5) is 0 Å². The fourth-order valence-electron chi connectivity index (χ4n) is 2.06. The van der Waals surface area contributed by atoms with Gasteiger partial charge in [0.05, 0.1) is 6.10 Å². The highest BCUT2D eigenvalue weighted by atomic mass is 16.5. The average molecular weight is 227 g/mol. The Morgan fingerprint density at radius 2 is 2.19 bits per heavy atom. The van der Waals surface area contributed by atoms with Crippen LogP contribution in [0.1, 0.15) is 33.1 Å². The van der Waals surface area contributed by atoms with Gasteiger partial charge in [-0.1, -0.05) is 13.8 Å². The number of rotatable bonds is 3. The van der Waals surface area contributed by atoms with Crippen LogP contribution >= 0.6 is 0 Å². The molecule has 1 aliphatic heterocycles. The Hall–Kier alpha value is -0.770. The van der Waals surface area contributed by atoms with Gasteiger partial charge >= 0.3 is 0 Å². The molecular formula is C12H25N3O. The van der Waals surface area contributed by atoms with E-state index < -0.39 is 0 Å². The van der Waals surface area contributed by atoms with E-state index in [-0.39, 0.29) is 5.41 Å². The van der Waals surface area contributed by atoms with Gasteiger partial charge in [-0.2, -0.15) is 0 Å². The summed E-state index contributed by atoms with van der Waals surface area (Å²) in [5.41, 5.74) is 0.146. The maximum Gasteiger partial charge on any atom is 0.190 e. The minimum atomic E-state index is 0.146. The Balaban J connectivity index is 2.43. The molecule has 2 N–H and O–H groups in total. The molecule has 4 nitrogen and oxygen atoms in total. The lowest BCUT2D eigenvalue weighted by Crippen LogP contribution is -2.46. The van der Waals surface area contributed by atoms with Crippen molar-refractivity contribution in [3.05, 3.63) is 0 Å². The number of guanidine groups is 1. The van der Waals surface area contributed by atoms with E-state index in [0.717, 1.165) is 19.1 Å². The van der Waals surface area contributed by atoms with E-state index >= 15 is 0 Å². The Labute approximate surface area is 98.9 Å². The summed E-state index contributed by atoms with van der Waals surface area (Å²) in [6, 6.07) is 0. The highest BCUT2D eigenvalue weighted by Gasteiger charge is 2.31. The molecule has 1 rings (SSSR count). The maximum absolute atomic E-state index is 5.84. The molecule has 1 atom stereocenters. The number of aliphatic imine (C=N–C) groups is 1. The number of hydrogen-bond acceptors (Lipinski definition) is 2. The van der Waals surface area contributed by atoms with Crippen LogP contribution in [0.15, 0.2) is 4.99 Å². The van der Waals surface area contributed by atoms with Gasteiger partial charge < -0.3 is 15.4 Å². The molecule has 0 aromatic heterocycles. The number of ether oxygens (including phenoxy) is 1. The van der Waals surface area contributed by atoms with Gasteiger partial charge in [-0.3, -0.25) is 4.99 Å². The van der Waals surface area contributed by atoms with E-state index in [4.69, 9.17) is 4.74 Å². The van der Waals surface area contributed by atoms with Crippen molar-refractivity contribution in [1.29, 1.82) is 0 Å². The first-order valence-electron chi connectivity index (χ1n) is 6.10. The standard InChI is InChI=1S/C12H25N3O/c1-12(2,9-15-11(13-3)14-4)10-7-5-6-8-16-10/h10H,5-9H2,1-4H3,(H2,13,14,15). The van der Waals surface area contributed by atoms with Gasteiger partial charge in [0.25, 0.3) is 0 Å². The Morgan fingerprint density at radius 3 is 2.69 bits per heavy atom. The van der Waals surface area contributed by atoms with Crippen LogP contribution in [0.5, 0.6) is 0 Å². The van der Waals surface area contributed by atoms with Crippen LogP contribution in [0.25, 0.3) is 0 Å². The first-order chi connectivity index (χ1) is 7.60. The van der Waals surface area contributed by atoms with E-state index in [9.17, 15) is 0 Å². The molecule has 0 saturated carbocycles. The van der Waals surface area contributed by atoms with Crippen molar-refractivity contribution in [1.82, 2.24) is 10.6 Å².